The molecule has 1 aromatic heterocycles. The van der Waals surface area contributed by atoms with Crippen molar-refractivity contribution in [2.45, 2.75) is 0 Å². The molecule has 0 aliphatic heterocycles. The predicted octanol–water partition coefficient (Wildman–Crippen LogP) is 6.63. The molecule has 124 valence electrons. The van der Waals surface area contributed by atoms with Gasteiger partial charge in [0.25, 0.3) is 0 Å². The van der Waals surface area contributed by atoms with Gasteiger partial charge in [0.2, 0.25) is 0 Å². The van der Waals surface area contributed by atoms with E-state index < -0.39 is 0 Å². The highest BCUT2D eigenvalue weighted by atomic mass is 16.3. The minimum Gasteiger partial charge on any atom is -0.508 e. The third-order valence-corrected chi connectivity index (χ3v) is 4.80. The topological polar surface area (TPSA) is 33.4 Å². The molecule has 2 nitrogen and oxygen atoms in total. The van der Waals surface area contributed by atoms with Crippen molar-refractivity contribution in [3.05, 3.63) is 91.0 Å². The van der Waals surface area contributed by atoms with Crippen LogP contribution in [0.25, 0.3) is 44.2 Å². The first-order valence-corrected chi connectivity index (χ1v) is 8.60. The lowest BCUT2D eigenvalue weighted by Gasteiger charge is -2.07. The third kappa shape index (κ3) is 2.35. The van der Waals surface area contributed by atoms with Gasteiger partial charge in [0.1, 0.15) is 16.9 Å². The maximum atomic E-state index is 9.45. The van der Waals surface area contributed by atoms with Gasteiger partial charge in [0.05, 0.1) is 0 Å². The largest absolute Gasteiger partial charge is 0.508 e. The summed E-state index contributed by atoms with van der Waals surface area (Å²) in [5, 5.41) is 11.7. The third-order valence-electron chi connectivity index (χ3n) is 4.80. The summed E-state index contributed by atoms with van der Waals surface area (Å²) in [6.45, 7) is 0. The highest BCUT2D eigenvalue weighted by molar-refractivity contribution is 6.12. The Bertz CT molecular complexity index is 1210. The van der Waals surface area contributed by atoms with Gasteiger partial charge < -0.3 is 9.52 Å². The molecule has 4 aromatic carbocycles. The van der Waals surface area contributed by atoms with Crippen molar-refractivity contribution in [2.24, 2.45) is 0 Å². The Morgan fingerprint density at radius 2 is 1.15 bits per heavy atom. The van der Waals surface area contributed by atoms with Crippen LogP contribution in [0.4, 0.5) is 0 Å². The van der Waals surface area contributed by atoms with Gasteiger partial charge in [-0.25, -0.2) is 0 Å². The van der Waals surface area contributed by atoms with Crippen molar-refractivity contribution in [1.82, 2.24) is 0 Å². The molecule has 0 bridgehead atoms. The van der Waals surface area contributed by atoms with Gasteiger partial charge in [-0.3, -0.25) is 0 Å². The maximum Gasteiger partial charge on any atom is 0.136 e. The molecule has 0 spiro atoms. The molecule has 26 heavy (non-hydrogen) atoms. The molecule has 0 amide bonds. The number of hydrogen-bond donors (Lipinski definition) is 1. The van der Waals surface area contributed by atoms with E-state index in [-0.39, 0.29) is 5.75 Å². The van der Waals surface area contributed by atoms with E-state index in [0.29, 0.717) is 0 Å². The molecule has 5 aromatic rings. The van der Waals surface area contributed by atoms with Crippen molar-refractivity contribution in [2.75, 3.05) is 0 Å². The highest BCUT2D eigenvalue weighted by Crippen LogP contribution is 2.37. The fourth-order valence-corrected chi connectivity index (χ4v) is 3.51. The number of hydrogen-bond acceptors (Lipinski definition) is 2. The summed E-state index contributed by atoms with van der Waals surface area (Å²) in [7, 11) is 0. The Labute approximate surface area is 150 Å². The Morgan fingerprint density at radius 1 is 0.538 bits per heavy atom. The first-order chi connectivity index (χ1) is 12.8. The molecule has 1 N–H and O–H groups in total. The van der Waals surface area contributed by atoms with Gasteiger partial charge in [-0.2, -0.15) is 0 Å². The van der Waals surface area contributed by atoms with E-state index in [2.05, 4.69) is 36.4 Å². The minimum atomic E-state index is 0.281. The normalized spacial score (nSPS) is 11.2. The second-order valence-electron chi connectivity index (χ2n) is 6.40. The van der Waals surface area contributed by atoms with Gasteiger partial charge >= 0.3 is 0 Å². The molecule has 1 heterocycles. The summed E-state index contributed by atoms with van der Waals surface area (Å²) in [4.78, 5) is 0. The molecule has 5 rings (SSSR count). The van der Waals surface area contributed by atoms with Gasteiger partial charge in [0, 0.05) is 10.8 Å². The first kappa shape index (κ1) is 14.8. The molecule has 2 heteroatoms. The van der Waals surface area contributed by atoms with Crippen LogP contribution in [0.5, 0.6) is 5.75 Å². The number of para-hydroxylation sites is 1. The zero-order chi connectivity index (χ0) is 17.5. The number of phenols is 1. The molecule has 0 atom stereocenters. The fraction of sp³-hybridized carbons (Fsp3) is 0. The maximum absolute atomic E-state index is 9.45. The van der Waals surface area contributed by atoms with Crippen LogP contribution < -0.4 is 0 Å². The van der Waals surface area contributed by atoms with E-state index in [9.17, 15) is 5.11 Å². The summed E-state index contributed by atoms with van der Waals surface area (Å²) in [6, 6.07) is 30.1. The molecule has 0 fully saturated rings. The van der Waals surface area contributed by atoms with Crippen LogP contribution in [0.3, 0.4) is 0 Å². The quantitative estimate of drug-likeness (QED) is 0.393. The SMILES string of the molecule is Oc1ccc(-c2ccc(-c3cccc4oc5ccccc5c34)cc2)cc1. The monoisotopic (exact) mass is 336 g/mol. The number of fused-ring (bicyclic) bond motifs is 3. The molecule has 0 aliphatic rings. The molecule has 0 saturated heterocycles. The minimum absolute atomic E-state index is 0.281. The smallest absolute Gasteiger partial charge is 0.136 e. The zero-order valence-corrected chi connectivity index (χ0v) is 14.0. The molecular formula is C24H16O2. The summed E-state index contributed by atoms with van der Waals surface area (Å²) in [5.41, 5.74) is 6.36. The molecular weight excluding hydrogens is 320 g/mol. The lowest BCUT2D eigenvalue weighted by Crippen LogP contribution is -1.81. The molecule has 0 unspecified atom stereocenters. The van der Waals surface area contributed by atoms with Crippen molar-refractivity contribution >= 4 is 21.9 Å². The Morgan fingerprint density at radius 3 is 1.92 bits per heavy atom. The van der Waals surface area contributed by atoms with E-state index >= 15 is 0 Å². The number of phenolic OH excluding ortho intramolecular Hbond substituents is 1. The number of benzene rings is 4. The van der Waals surface area contributed by atoms with Crippen LogP contribution in [-0.4, -0.2) is 5.11 Å². The van der Waals surface area contributed by atoms with Crippen LogP contribution in [0.1, 0.15) is 0 Å². The van der Waals surface area contributed by atoms with Crippen molar-refractivity contribution in [1.29, 1.82) is 0 Å². The lowest BCUT2D eigenvalue weighted by atomic mass is 9.97. The molecule has 0 saturated carbocycles. The predicted molar refractivity (Wildman–Crippen MR) is 106 cm³/mol. The van der Waals surface area contributed by atoms with Gasteiger partial charge in [0.15, 0.2) is 0 Å². The van der Waals surface area contributed by atoms with Crippen molar-refractivity contribution in [3.8, 4) is 28.0 Å². The zero-order valence-electron chi connectivity index (χ0n) is 14.0. The van der Waals surface area contributed by atoms with E-state index in [4.69, 9.17) is 4.42 Å². The van der Waals surface area contributed by atoms with Crippen LogP contribution >= 0.6 is 0 Å². The second-order valence-corrected chi connectivity index (χ2v) is 6.40. The Kier molecular flexibility index (Phi) is 3.29. The first-order valence-electron chi connectivity index (χ1n) is 8.60. The Hall–Kier alpha value is -3.52. The second kappa shape index (κ2) is 5.78. The molecule has 0 aliphatic carbocycles. The van der Waals surface area contributed by atoms with Crippen LogP contribution in [0.15, 0.2) is 95.4 Å². The summed E-state index contributed by atoms with van der Waals surface area (Å²) in [6.07, 6.45) is 0. The number of furan rings is 1. The van der Waals surface area contributed by atoms with E-state index in [1.165, 1.54) is 5.56 Å². The average Bonchev–Trinajstić information content (AvgIpc) is 3.07. The van der Waals surface area contributed by atoms with Gasteiger partial charge in [-0.15, -0.1) is 0 Å². The standard InChI is InChI=1S/C24H16O2/c25-19-14-12-17(13-15-19)16-8-10-18(11-9-16)20-5-3-7-23-24(20)21-4-1-2-6-22(21)26-23/h1-15,25H. The molecule has 0 radical (unpaired) electrons. The summed E-state index contributed by atoms with van der Waals surface area (Å²) >= 11 is 0. The van der Waals surface area contributed by atoms with Gasteiger partial charge in [-0.05, 0) is 46.5 Å². The Balaban J connectivity index is 1.65. The number of aromatic hydroxyl groups is 1. The fourth-order valence-electron chi connectivity index (χ4n) is 3.51. The summed E-state index contributed by atoms with van der Waals surface area (Å²) in [5.74, 6) is 0.281. The van der Waals surface area contributed by atoms with Crippen molar-refractivity contribution in [3.63, 3.8) is 0 Å². The summed E-state index contributed by atoms with van der Waals surface area (Å²) < 4.78 is 6.00. The van der Waals surface area contributed by atoms with Crippen LogP contribution in [0, 0.1) is 0 Å². The van der Waals surface area contributed by atoms with Crippen molar-refractivity contribution < 1.29 is 9.52 Å². The van der Waals surface area contributed by atoms with Crippen LogP contribution in [0.2, 0.25) is 0 Å². The van der Waals surface area contributed by atoms with E-state index in [1.807, 2.05) is 42.5 Å². The van der Waals surface area contributed by atoms with E-state index in [1.54, 1.807) is 12.1 Å². The van der Waals surface area contributed by atoms with Gasteiger partial charge in [-0.1, -0.05) is 66.7 Å². The van der Waals surface area contributed by atoms with Crippen LogP contribution in [-0.2, 0) is 0 Å². The number of rotatable bonds is 2. The average molecular weight is 336 g/mol. The lowest BCUT2D eigenvalue weighted by molar-refractivity contribution is 0.475. The highest BCUT2D eigenvalue weighted by Gasteiger charge is 2.11. The van der Waals surface area contributed by atoms with E-state index in [0.717, 1.165) is 38.6 Å².